The molecule has 1 aliphatic rings. The van der Waals surface area contributed by atoms with Crippen molar-refractivity contribution in [1.82, 2.24) is 5.32 Å². The SMILES string of the molecule is CCOCCCC1NCCc2ccccc21. The number of hydrogen-bond donors (Lipinski definition) is 1. The third-order valence-corrected chi connectivity index (χ3v) is 3.20. The van der Waals surface area contributed by atoms with E-state index in [2.05, 4.69) is 29.6 Å². The lowest BCUT2D eigenvalue weighted by Gasteiger charge is -2.26. The molecule has 0 spiro atoms. The van der Waals surface area contributed by atoms with Gasteiger partial charge in [0.1, 0.15) is 0 Å². The summed E-state index contributed by atoms with van der Waals surface area (Å²) in [5, 5.41) is 3.60. The summed E-state index contributed by atoms with van der Waals surface area (Å²) in [6.45, 7) is 4.87. The molecule has 1 heterocycles. The van der Waals surface area contributed by atoms with Crippen molar-refractivity contribution < 1.29 is 4.74 Å². The van der Waals surface area contributed by atoms with E-state index >= 15 is 0 Å². The zero-order valence-corrected chi connectivity index (χ0v) is 10.0. The fourth-order valence-electron chi connectivity index (χ4n) is 2.38. The zero-order valence-electron chi connectivity index (χ0n) is 10.0. The fourth-order valence-corrected chi connectivity index (χ4v) is 2.38. The van der Waals surface area contributed by atoms with Crippen molar-refractivity contribution >= 4 is 0 Å². The van der Waals surface area contributed by atoms with Crippen LogP contribution in [0.2, 0.25) is 0 Å². The van der Waals surface area contributed by atoms with Crippen LogP contribution >= 0.6 is 0 Å². The molecule has 0 amide bonds. The average Bonchev–Trinajstić information content (AvgIpc) is 2.35. The van der Waals surface area contributed by atoms with Gasteiger partial charge in [0.2, 0.25) is 0 Å². The number of nitrogens with one attached hydrogen (secondary N) is 1. The molecule has 88 valence electrons. The Kier molecular flexibility index (Phi) is 4.37. The minimum Gasteiger partial charge on any atom is -0.382 e. The third-order valence-electron chi connectivity index (χ3n) is 3.20. The van der Waals surface area contributed by atoms with Gasteiger partial charge in [-0.15, -0.1) is 0 Å². The van der Waals surface area contributed by atoms with Crippen LogP contribution in [0.4, 0.5) is 0 Å². The summed E-state index contributed by atoms with van der Waals surface area (Å²) in [7, 11) is 0. The maximum Gasteiger partial charge on any atom is 0.0466 e. The van der Waals surface area contributed by atoms with Crippen LogP contribution in [-0.2, 0) is 11.2 Å². The molecule has 1 unspecified atom stereocenters. The van der Waals surface area contributed by atoms with E-state index in [0.29, 0.717) is 6.04 Å². The maximum atomic E-state index is 5.38. The first kappa shape index (κ1) is 11.6. The molecule has 0 saturated heterocycles. The second-order valence-electron chi connectivity index (χ2n) is 4.29. The quantitative estimate of drug-likeness (QED) is 0.769. The predicted molar refractivity (Wildman–Crippen MR) is 66.6 cm³/mol. The van der Waals surface area contributed by atoms with Gasteiger partial charge in [0.15, 0.2) is 0 Å². The molecule has 0 saturated carbocycles. The monoisotopic (exact) mass is 219 g/mol. The minimum atomic E-state index is 0.533. The van der Waals surface area contributed by atoms with Gasteiger partial charge in [0, 0.05) is 19.3 Å². The first-order valence-electron chi connectivity index (χ1n) is 6.30. The second-order valence-corrected chi connectivity index (χ2v) is 4.29. The highest BCUT2D eigenvalue weighted by molar-refractivity contribution is 5.32. The zero-order chi connectivity index (χ0) is 11.2. The van der Waals surface area contributed by atoms with Crippen molar-refractivity contribution in [2.45, 2.75) is 32.2 Å². The van der Waals surface area contributed by atoms with Crippen molar-refractivity contribution in [3.05, 3.63) is 35.4 Å². The number of ether oxygens (including phenoxy) is 1. The predicted octanol–water partition coefficient (Wildman–Crippen LogP) is 2.69. The standard InChI is InChI=1S/C14H21NO/c1-2-16-11-5-8-14-13-7-4-3-6-12(13)9-10-15-14/h3-4,6-7,14-15H,2,5,8-11H2,1H3. The molecule has 1 aromatic rings. The number of rotatable bonds is 5. The first-order chi connectivity index (χ1) is 7.92. The summed E-state index contributed by atoms with van der Waals surface area (Å²) in [6.07, 6.45) is 3.48. The molecule has 1 aromatic carbocycles. The third kappa shape index (κ3) is 2.83. The van der Waals surface area contributed by atoms with E-state index in [1.807, 2.05) is 6.92 Å². The summed E-state index contributed by atoms with van der Waals surface area (Å²) in [4.78, 5) is 0. The molecule has 0 aromatic heterocycles. The van der Waals surface area contributed by atoms with Crippen molar-refractivity contribution in [3.63, 3.8) is 0 Å². The topological polar surface area (TPSA) is 21.3 Å². The van der Waals surface area contributed by atoms with Crippen LogP contribution in [0.1, 0.15) is 36.9 Å². The van der Waals surface area contributed by atoms with E-state index in [1.54, 1.807) is 0 Å². The van der Waals surface area contributed by atoms with Gasteiger partial charge < -0.3 is 10.1 Å². The van der Waals surface area contributed by atoms with Gasteiger partial charge in [-0.05, 0) is 43.9 Å². The molecule has 16 heavy (non-hydrogen) atoms. The first-order valence-corrected chi connectivity index (χ1v) is 6.30. The lowest BCUT2D eigenvalue weighted by molar-refractivity contribution is 0.140. The van der Waals surface area contributed by atoms with Gasteiger partial charge in [-0.2, -0.15) is 0 Å². The van der Waals surface area contributed by atoms with Crippen molar-refractivity contribution in [3.8, 4) is 0 Å². The largest absolute Gasteiger partial charge is 0.382 e. The molecule has 1 atom stereocenters. The van der Waals surface area contributed by atoms with E-state index < -0.39 is 0 Å². The van der Waals surface area contributed by atoms with Crippen LogP contribution in [0.5, 0.6) is 0 Å². The van der Waals surface area contributed by atoms with Crippen molar-refractivity contribution in [1.29, 1.82) is 0 Å². The normalized spacial score (nSPS) is 19.4. The average molecular weight is 219 g/mol. The van der Waals surface area contributed by atoms with Crippen LogP contribution in [-0.4, -0.2) is 19.8 Å². The Bertz CT molecular complexity index is 324. The Morgan fingerprint density at radius 2 is 2.25 bits per heavy atom. The molecule has 2 heteroatoms. The highest BCUT2D eigenvalue weighted by Crippen LogP contribution is 2.25. The molecule has 0 aliphatic carbocycles. The maximum absolute atomic E-state index is 5.38. The van der Waals surface area contributed by atoms with Gasteiger partial charge in [0.05, 0.1) is 0 Å². The molecular formula is C14H21NO. The molecule has 0 radical (unpaired) electrons. The molecule has 0 fully saturated rings. The van der Waals surface area contributed by atoms with Gasteiger partial charge in [-0.3, -0.25) is 0 Å². The number of hydrogen-bond acceptors (Lipinski definition) is 2. The van der Waals surface area contributed by atoms with Gasteiger partial charge in [-0.1, -0.05) is 24.3 Å². The highest BCUT2D eigenvalue weighted by atomic mass is 16.5. The van der Waals surface area contributed by atoms with Crippen LogP contribution in [0.15, 0.2) is 24.3 Å². The minimum absolute atomic E-state index is 0.533. The second kappa shape index (κ2) is 6.02. The van der Waals surface area contributed by atoms with Crippen LogP contribution in [0.3, 0.4) is 0 Å². The summed E-state index contributed by atoms with van der Waals surface area (Å²) in [5.41, 5.74) is 3.01. The van der Waals surface area contributed by atoms with Crippen molar-refractivity contribution in [2.75, 3.05) is 19.8 Å². The molecule has 2 nitrogen and oxygen atoms in total. The molecule has 1 aliphatic heterocycles. The Morgan fingerprint density at radius 1 is 1.38 bits per heavy atom. The van der Waals surface area contributed by atoms with Gasteiger partial charge in [0.25, 0.3) is 0 Å². The fraction of sp³-hybridized carbons (Fsp3) is 0.571. The number of fused-ring (bicyclic) bond motifs is 1. The van der Waals surface area contributed by atoms with E-state index in [1.165, 1.54) is 17.5 Å². The lowest BCUT2D eigenvalue weighted by atomic mass is 9.92. The lowest BCUT2D eigenvalue weighted by Crippen LogP contribution is -2.29. The summed E-state index contributed by atoms with van der Waals surface area (Å²) >= 11 is 0. The number of benzene rings is 1. The molecule has 2 rings (SSSR count). The smallest absolute Gasteiger partial charge is 0.0466 e. The molecule has 0 bridgehead atoms. The van der Waals surface area contributed by atoms with Crippen LogP contribution < -0.4 is 5.32 Å². The Morgan fingerprint density at radius 3 is 3.12 bits per heavy atom. The van der Waals surface area contributed by atoms with Gasteiger partial charge >= 0.3 is 0 Å². The Labute approximate surface area is 98.0 Å². The van der Waals surface area contributed by atoms with Crippen molar-refractivity contribution in [2.24, 2.45) is 0 Å². The van der Waals surface area contributed by atoms with Crippen LogP contribution in [0, 0.1) is 0 Å². The Hall–Kier alpha value is -0.860. The Balaban J connectivity index is 1.91. The molecular weight excluding hydrogens is 198 g/mol. The molecule has 1 N–H and O–H groups in total. The van der Waals surface area contributed by atoms with E-state index in [9.17, 15) is 0 Å². The van der Waals surface area contributed by atoms with Crippen LogP contribution in [0.25, 0.3) is 0 Å². The highest BCUT2D eigenvalue weighted by Gasteiger charge is 2.18. The summed E-state index contributed by atoms with van der Waals surface area (Å²) in [6, 6.07) is 9.33. The van der Waals surface area contributed by atoms with E-state index in [4.69, 9.17) is 4.74 Å². The van der Waals surface area contributed by atoms with E-state index in [-0.39, 0.29) is 0 Å². The van der Waals surface area contributed by atoms with Gasteiger partial charge in [-0.25, -0.2) is 0 Å². The van der Waals surface area contributed by atoms with E-state index in [0.717, 1.165) is 32.6 Å². The summed E-state index contributed by atoms with van der Waals surface area (Å²) < 4.78 is 5.38. The summed E-state index contributed by atoms with van der Waals surface area (Å²) in [5.74, 6) is 0.